The zero-order chi connectivity index (χ0) is 13.2. The number of likely N-dealkylation sites (N-methyl/N-ethyl adjacent to an activating group) is 1. The summed E-state index contributed by atoms with van der Waals surface area (Å²) in [7, 11) is 2.20. The number of nitrogens with zero attached hydrogens (tertiary/aromatic N) is 2. The van der Waals surface area contributed by atoms with Crippen LogP contribution < -0.4 is 5.73 Å². The smallest absolute Gasteiger partial charge is 0.0795 e. The summed E-state index contributed by atoms with van der Waals surface area (Å²) >= 11 is 1.67. The average molecular weight is 267 g/mol. The van der Waals surface area contributed by atoms with E-state index >= 15 is 0 Å². The van der Waals surface area contributed by atoms with Crippen molar-refractivity contribution in [3.8, 4) is 0 Å². The Kier molecular flexibility index (Phi) is 4.09. The second-order valence-electron chi connectivity index (χ2n) is 6.46. The zero-order valence-corrected chi connectivity index (χ0v) is 12.6. The Bertz CT molecular complexity index is 374. The van der Waals surface area contributed by atoms with Crippen LogP contribution in [0.15, 0.2) is 10.9 Å². The van der Waals surface area contributed by atoms with Crippen LogP contribution in [0.3, 0.4) is 0 Å². The van der Waals surface area contributed by atoms with Gasteiger partial charge in [-0.25, -0.2) is 4.98 Å². The highest BCUT2D eigenvalue weighted by Crippen LogP contribution is 2.43. The third-order valence-corrected chi connectivity index (χ3v) is 5.01. The molecule has 1 unspecified atom stereocenters. The quantitative estimate of drug-likeness (QED) is 0.912. The van der Waals surface area contributed by atoms with Crippen LogP contribution in [0.1, 0.15) is 45.2 Å². The van der Waals surface area contributed by atoms with E-state index in [-0.39, 0.29) is 5.54 Å². The van der Waals surface area contributed by atoms with Crippen LogP contribution in [0, 0.1) is 5.41 Å². The van der Waals surface area contributed by atoms with Crippen molar-refractivity contribution in [1.29, 1.82) is 0 Å². The third-order valence-electron chi connectivity index (χ3n) is 4.38. The molecule has 1 saturated carbocycles. The van der Waals surface area contributed by atoms with Crippen molar-refractivity contribution in [2.75, 3.05) is 13.6 Å². The van der Waals surface area contributed by atoms with Gasteiger partial charge in [0.25, 0.3) is 0 Å². The molecular weight excluding hydrogens is 242 g/mol. The Labute approximate surface area is 114 Å². The van der Waals surface area contributed by atoms with Gasteiger partial charge in [-0.1, -0.05) is 20.3 Å². The van der Waals surface area contributed by atoms with Gasteiger partial charge in [0.05, 0.1) is 11.2 Å². The van der Waals surface area contributed by atoms with Crippen LogP contribution in [0.25, 0.3) is 0 Å². The molecule has 18 heavy (non-hydrogen) atoms. The Hall–Kier alpha value is -0.450. The molecule has 0 spiro atoms. The predicted octanol–water partition coefficient (Wildman–Crippen LogP) is 2.87. The molecule has 2 rings (SSSR count). The van der Waals surface area contributed by atoms with Gasteiger partial charge in [-0.3, -0.25) is 4.90 Å². The van der Waals surface area contributed by atoms with E-state index in [2.05, 4.69) is 36.2 Å². The minimum atomic E-state index is 0.158. The standard InChI is InChI=1S/C14H25N3S/c1-13(2)5-4-6-14(9-13,10-15)17(3)7-12-8-18-11-16-12/h8,11H,4-7,9-10,15H2,1-3H3. The molecule has 102 valence electrons. The Balaban J connectivity index is 2.11. The first kappa shape index (κ1) is 14.0. The summed E-state index contributed by atoms with van der Waals surface area (Å²) in [4.78, 5) is 6.82. The van der Waals surface area contributed by atoms with Crippen LogP contribution in [0.2, 0.25) is 0 Å². The number of hydrogen-bond donors (Lipinski definition) is 1. The number of nitrogens with two attached hydrogens (primary N) is 1. The van der Waals surface area contributed by atoms with Crippen molar-refractivity contribution in [2.24, 2.45) is 11.1 Å². The normalized spacial score (nSPS) is 27.6. The molecule has 0 aromatic carbocycles. The molecule has 0 saturated heterocycles. The Morgan fingerprint density at radius 2 is 2.22 bits per heavy atom. The molecule has 2 N–H and O–H groups in total. The molecule has 1 aliphatic rings. The lowest BCUT2D eigenvalue weighted by Gasteiger charge is -2.49. The van der Waals surface area contributed by atoms with E-state index in [1.165, 1.54) is 31.4 Å². The number of thiazole rings is 1. The van der Waals surface area contributed by atoms with Gasteiger partial charge in [0, 0.05) is 24.0 Å². The highest BCUT2D eigenvalue weighted by molar-refractivity contribution is 7.07. The lowest BCUT2D eigenvalue weighted by molar-refractivity contribution is 0.0217. The van der Waals surface area contributed by atoms with Crippen molar-refractivity contribution in [3.63, 3.8) is 0 Å². The summed E-state index contributed by atoms with van der Waals surface area (Å²) in [5.74, 6) is 0. The Morgan fingerprint density at radius 1 is 1.44 bits per heavy atom. The highest BCUT2D eigenvalue weighted by atomic mass is 32.1. The molecule has 1 heterocycles. The van der Waals surface area contributed by atoms with Gasteiger partial charge in [0.2, 0.25) is 0 Å². The SMILES string of the molecule is CN(Cc1cscn1)C1(CN)CCCC(C)(C)C1. The summed E-state index contributed by atoms with van der Waals surface area (Å²) in [5.41, 5.74) is 9.77. The summed E-state index contributed by atoms with van der Waals surface area (Å²) in [5, 5.41) is 2.13. The fourth-order valence-corrected chi connectivity index (χ4v) is 3.90. The van der Waals surface area contributed by atoms with E-state index in [0.29, 0.717) is 5.41 Å². The largest absolute Gasteiger partial charge is 0.329 e. The van der Waals surface area contributed by atoms with Crippen molar-refractivity contribution < 1.29 is 0 Å². The minimum absolute atomic E-state index is 0.158. The minimum Gasteiger partial charge on any atom is -0.329 e. The van der Waals surface area contributed by atoms with Crippen molar-refractivity contribution in [2.45, 2.75) is 51.6 Å². The van der Waals surface area contributed by atoms with Gasteiger partial charge < -0.3 is 5.73 Å². The van der Waals surface area contributed by atoms with Crippen LogP contribution in [-0.2, 0) is 6.54 Å². The molecule has 1 aliphatic carbocycles. The first-order valence-corrected chi connectivity index (χ1v) is 7.70. The molecule has 1 aromatic rings. The molecule has 1 atom stereocenters. The molecule has 0 aliphatic heterocycles. The highest BCUT2D eigenvalue weighted by Gasteiger charge is 2.41. The van der Waals surface area contributed by atoms with E-state index in [0.717, 1.165) is 13.1 Å². The predicted molar refractivity (Wildman–Crippen MR) is 77.6 cm³/mol. The van der Waals surface area contributed by atoms with Crippen LogP contribution in [0.5, 0.6) is 0 Å². The van der Waals surface area contributed by atoms with Gasteiger partial charge >= 0.3 is 0 Å². The van der Waals surface area contributed by atoms with Crippen LogP contribution in [0.4, 0.5) is 0 Å². The molecule has 3 nitrogen and oxygen atoms in total. The fraction of sp³-hybridized carbons (Fsp3) is 0.786. The van der Waals surface area contributed by atoms with Gasteiger partial charge in [0.1, 0.15) is 0 Å². The maximum absolute atomic E-state index is 6.13. The number of rotatable bonds is 4. The topological polar surface area (TPSA) is 42.2 Å². The molecule has 4 heteroatoms. The van der Waals surface area contributed by atoms with E-state index in [9.17, 15) is 0 Å². The fourth-order valence-electron chi connectivity index (χ4n) is 3.35. The molecule has 0 amide bonds. The van der Waals surface area contributed by atoms with Crippen molar-refractivity contribution in [3.05, 3.63) is 16.6 Å². The van der Waals surface area contributed by atoms with Crippen molar-refractivity contribution in [1.82, 2.24) is 9.88 Å². The maximum Gasteiger partial charge on any atom is 0.0795 e. The van der Waals surface area contributed by atoms with E-state index in [4.69, 9.17) is 5.73 Å². The summed E-state index contributed by atoms with van der Waals surface area (Å²) in [6, 6.07) is 0. The first-order valence-electron chi connectivity index (χ1n) is 6.76. The van der Waals surface area contributed by atoms with E-state index < -0.39 is 0 Å². The van der Waals surface area contributed by atoms with Crippen LogP contribution >= 0.6 is 11.3 Å². The van der Waals surface area contributed by atoms with Crippen LogP contribution in [-0.4, -0.2) is 29.0 Å². The maximum atomic E-state index is 6.13. The number of hydrogen-bond acceptors (Lipinski definition) is 4. The van der Waals surface area contributed by atoms with Gasteiger partial charge in [-0.05, 0) is 31.7 Å². The Morgan fingerprint density at radius 3 is 2.78 bits per heavy atom. The molecule has 0 radical (unpaired) electrons. The molecule has 1 fully saturated rings. The van der Waals surface area contributed by atoms with Crippen molar-refractivity contribution >= 4 is 11.3 Å². The van der Waals surface area contributed by atoms with E-state index in [1.54, 1.807) is 11.3 Å². The van der Waals surface area contributed by atoms with Gasteiger partial charge in [-0.2, -0.15) is 0 Å². The molecule has 0 bridgehead atoms. The summed E-state index contributed by atoms with van der Waals surface area (Å²) in [6.07, 6.45) is 5.01. The van der Waals surface area contributed by atoms with Gasteiger partial charge in [0.15, 0.2) is 0 Å². The first-order chi connectivity index (χ1) is 8.47. The second-order valence-corrected chi connectivity index (χ2v) is 7.18. The lowest BCUT2D eigenvalue weighted by atomic mass is 9.67. The summed E-state index contributed by atoms with van der Waals surface area (Å²) < 4.78 is 0. The zero-order valence-electron chi connectivity index (χ0n) is 11.8. The monoisotopic (exact) mass is 267 g/mol. The third kappa shape index (κ3) is 2.92. The number of aromatic nitrogens is 1. The van der Waals surface area contributed by atoms with Gasteiger partial charge in [-0.15, -0.1) is 11.3 Å². The second kappa shape index (κ2) is 5.27. The lowest BCUT2D eigenvalue weighted by Crippen LogP contribution is -2.55. The molecular formula is C14H25N3S. The summed E-state index contributed by atoms with van der Waals surface area (Å²) in [6.45, 7) is 6.40. The average Bonchev–Trinajstić information content (AvgIpc) is 2.80. The molecule has 1 aromatic heterocycles. The van der Waals surface area contributed by atoms with E-state index in [1.807, 2.05) is 5.51 Å².